The molecule has 0 amide bonds. The molecule has 2 aromatic carbocycles. The Kier molecular flexibility index (Phi) is 3.93. The van der Waals surface area contributed by atoms with E-state index >= 15 is 0 Å². The zero-order valence-electron chi connectivity index (χ0n) is 13.4. The minimum Gasteiger partial charge on any atom is -0.456 e. The molecule has 1 aromatic heterocycles. The summed E-state index contributed by atoms with van der Waals surface area (Å²) in [7, 11) is 0. The average Bonchev–Trinajstić information content (AvgIpc) is 3.11. The van der Waals surface area contributed by atoms with Gasteiger partial charge in [0.1, 0.15) is 6.61 Å². The quantitative estimate of drug-likeness (QED) is 0.656. The molecule has 0 bridgehead atoms. The van der Waals surface area contributed by atoms with Crippen LogP contribution in [0.5, 0.6) is 11.5 Å². The monoisotopic (exact) mass is 355 g/mol. The third-order valence-electron chi connectivity index (χ3n) is 4.09. The van der Waals surface area contributed by atoms with Crippen LogP contribution in [0.4, 0.5) is 0 Å². The maximum atomic E-state index is 12.3. The van der Waals surface area contributed by atoms with Crippen LogP contribution < -0.4 is 9.47 Å². The Morgan fingerprint density at radius 2 is 2.00 bits per heavy atom. The molecule has 0 aliphatic carbocycles. The number of hydrogen-bond acceptors (Lipinski definition) is 5. The highest BCUT2D eigenvalue weighted by Gasteiger charge is 2.18. The molecule has 6 heteroatoms. The highest BCUT2D eigenvalue weighted by molar-refractivity contribution is 6.32. The molecule has 3 aromatic rings. The lowest BCUT2D eigenvalue weighted by Crippen LogP contribution is -2.07. The average molecular weight is 356 g/mol. The van der Waals surface area contributed by atoms with Crippen LogP contribution in [0.1, 0.15) is 21.6 Å². The number of hydrogen-bond donors (Lipinski definition) is 0. The number of para-hydroxylation sites is 1. The van der Waals surface area contributed by atoms with Crippen molar-refractivity contribution >= 4 is 28.5 Å². The van der Waals surface area contributed by atoms with Crippen molar-refractivity contribution in [1.82, 2.24) is 4.98 Å². The number of fused-ring (bicyclic) bond motifs is 2. The van der Waals surface area contributed by atoms with Crippen molar-refractivity contribution in [2.24, 2.45) is 0 Å². The molecule has 25 heavy (non-hydrogen) atoms. The number of benzene rings is 2. The Morgan fingerprint density at radius 1 is 1.20 bits per heavy atom. The van der Waals surface area contributed by atoms with Crippen LogP contribution in [0.3, 0.4) is 0 Å². The highest BCUT2D eigenvalue weighted by atomic mass is 35.5. The van der Waals surface area contributed by atoms with Gasteiger partial charge in [-0.3, -0.25) is 0 Å². The number of aryl methyl sites for hydroxylation is 1. The minimum atomic E-state index is -0.470. The van der Waals surface area contributed by atoms with Crippen LogP contribution in [-0.4, -0.2) is 17.7 Å². The fourth-order valence-corrected chi connectivity index (χ4v) is 2.95. The highest BCUT2D eigenvalue weighted by Crippen LogP contribution is 2.33. The summed E-state index contributed by atoms with van der Waals surface area (Å²) in [4.78, 5) is 16.8. The lowest BCUT2D eigenvalue weighted by molar-refractivity contribution is 0.0468. The van der Waals surface area contributed by atoms with Crippen molar-refractivity contribution in [3.63, 3.8) is 0 Å². The molecule has 0 atom stereocenters. The predicted molar refractivity (Wildman–Crippen MR) is 93.2 cm³/mol. The van der Waals surface area contributed by atoms with Crippen LogP contribution in [0.15, 0.2) is 42.5 Å². The van der Waals surface area contributed by atoms with Gasteiger partial charge in [-0.05, 0) is 36.8 Å². The molecule has 1 aliphatic heterocycles. The summed E-state index contributed by atoms with van der Waals surface area (Å²) in [5.41, 5.74) is 2.66. The molecule has 0 fully saturated rings. The van der Waals surface area contributed by atoms with Gasteiger partial charge in [-0.1, -0.05) is 29.8 Å². The van der Waals surface area contributed by atoms with E-state index < -0.39 is 5.97 Å². The number of carbonyl (C=O) groups excluding carboxylic acids is 1. The predicted octanol–water partition coefficient (Wildman–Crippen LogP) is 4.28. The summed E-state index contributed by atoms with van der Waals surface area (Å²) in [6, 6.07) is 12.6. The van der Waals surface area contributed by atoms with E-state index in [1.165, 1.54) is 0 Å². The summed E-state index contributed by atoms with van der Waals surface area (Å²) in [5.74, 6) is 0.681. The van der Waals surface area contributed by atoms with Crippen LogP contribution in [0.25, 0.3) is 10.9 Å². The fourth-order valence-electron chi connectivity index (χ4n) is 2.75. The molecule has 0 unspecified atom stereocenters. The largest absolute Gasteiger partial charge is 0.456 e. The molecule has 0 radical (unpaired) electrons. The molecule has 0 N–H and O–H groups in total. The summed E-state index contributed by atoms with van der Waals surface area (Å²) in [5, 5.41) is 1.50. The number of halogens is 1. The molecule has 126 valence electrons. The Balaban J connectivity index is 1.56. The summed E-state index contributed by atoms with van der Waals surface area (Å²) < 4.78 is 15.9. The summed E-state index contributed by atoms with van der Waals surface area (Å²) >= 11 is 6.39. The van der Waals surface area contributed by atoms with Gasteiger partial charge in [-0.2, -0.15) is 0 Å². The van der Waals surface area contributed by atoms with E-state index in [2.05, 4.69) is 4.98 Å². The van der Waals surface area contributed by atoms with Crippen molar-refractivity contribution in [3.8, 4) is 11.5 Å². The second-order valence-corrected chi connectivity index (χ2v) is 6.04. The second kappa shape index (κ2) is 6.26. The van der Waals surface area contributed by atoms with E-state index in [1.54, 1.807) is 18.2 Å². The van der Waals surface area contributed by atoms with E-state index in [-0.39, 0.29) is 13.4 Å². The van der Waals surface area contributed by atoms with E-state index in [0.29, 0.717) is 27.8 Å². The third kappa shape index (κ3) is 2.87. The maximum Gasteiger partial charge on any atom is 0.338 e. The van der Waals surface area contributed by atoms with Crippen molar-refractivity contribution in [2.45, 2.75) is 13.5 Å². The molecular formula is C19H14ClNO4. The molecule has 0 spiro atoms. The van der Waals surface area contributed by atoms with Gasteiger partial charge < -0.3 is 14.2 Å². The van der Waals surface area contributed by atoms with E-state index in [1.807, 2.05) is 31.2 Å². The standard InChI is InChI=1S/C19H14ClNO4/c1-11-13-4-2-3-5-14(13)21-15(18(11)20)9-23-19(22)12-6-7-16-17(8-12)25-10-24-16/h2-8H,9-10H2,1H3. The van der Waals surface area contributed by atoms with Crippen molar-refractivity contribution in [2.75, 3.05) is 6.79 Å². The van der Waals surface area contributed by atoms with Gasteiger partial charge in [-0.25, -0.2) is 9.78 Å². The zero-order chi connectivity index (χ0) is 17.4. The van der Waals surface area contributed by atoms with Gasteiger partial charge in [0.2, 0.25) is 6.79 Å². The van der Waals surface area contributed by atoms with E-state index in [4.69, 9.17) is 25.8 Å². The third-order valence-corrected chi connectivity index (χ3v) is 4.60. The normalized spacial score (nSPS) is 12.4. The molecule has 0 saturated heterocycles. The van der Waals surface area contributed by atoms with Gasteiger partial charge in [0.25, 0.3) is 0 Å². The first-order valence-electron chi connectivity index (χ1n) is 7.74. The molecule has 1 aliphatic rings. The van der Waals surface area contributed by atoms with E-state index in [9.17, 15) is 4.79 Å². The minimum absolute atomic E-state index is 0.00220. The molecule has 5 nitrogen and oxygen atoms in total. The molecule has 2 heterocycles. The van der Waals surface area contributed by atoms with Crippen molar-refractivity contribution < 1.29 is 19.0 Å². The summed E-state index contributed by atoms with van der Waals surface area (Å²) in [6.07, 6.45) is 0. The van der Waals surface area contributed by atoms with Crippen molar-refractivity contribution in [1.29, 1.82) is 0 Å². The topological polar surface area (TPSA) is 57.7 Å². The lowest BCUT2D eigenvalue weighted by atomic mass is 10.1. The van der Waals surface area contributed by atoms with Gasteiger partial charge in [0.15, 0.2) is 11.5 Å². The van der Waals surface area contributed by atoms with Crippen LogP contribution >= 0.6 is 11.6 Å². The smallest absolute Gasteiger partial charge is 0.338 e. The Morgan fingerprint density at radius 3 is 2.88 bits per heavy atom. The fraction of sp³-hybridized carbons (Fsp3) is 0.158. The Hall–Kier alpha value is -2.79. The maximum absolute atomic E-state index is 12.3. The summed E-state index contributed by atoms with van der Waals surface area (Å²) in [6.45, 7) is 2.08. The van der Waals surface area contributed by atoms with Gasteiger partial charge in [0.05, 0.1) is 21.8 Å². The van der Waals surface area contributed by atoms with Gasteiger partial charge >= 0.3 is 5.97 Å². The van der Waals surface area contributed by atoms with Crippen LogP contribution in [0.2, 0.25) is 5.02 Å². The Labute approximate surface area is 149 Å². The molecule has 0 saturated carbocycles. The number of rotatable bonds is 3. The van der Waals surface area contributed by atoms with Crippen LogP contribution in [0, 0.1) is 6.92 Å². The first-order valence-corrected chi connectivity index (χ1v) is 8.12. The van der Waals surface area contributed by atoms with Gasteiger partial charge in [-0.15, -0.1) is 0 Å². The van der Waals surface area contributed by atoms with Crippen LogP contribution in [-0.2, 0) is 11.3 Å². The first kappa shape index (κ1) is 15.7. The lowest BCUT2D eigenvalue weighted by Gasteiger charge is -2.11. The van der Waals surface area contributed by atoms with Crippen molar-refractivity contribution in [3.05, 3.63) is 64.3 Å². The molecule has 4 rings (SSSR count). The number of esters is 1. The number of aromatic nitrogens is 1. The molecular weight excluding hydrogens is 342 g/mol. The number of carbonyl (C=O) groups is 1. The number of ether oxygens (including phenoxy) is 3. The number of nitrogens with zero attached hydrogens (tertiary/aromatic N) is 1. The Bertz CT molecular complexity index is 987. The first-order chi connectivity index (χ1) is 12.1. The van der Waals surface area contributed by atoms with E-state index in [0.717, 1.165) is 16.5 Å². The zero-order valence-corrected chi connectivity index (χ0v) is 14.2. The number of pyridine rings is 1. The second-order valence-electron chi connectivity index (χ2n) is 5.66. The SMILES string of the molecule is Cc1c(Cl)c(COC(=O)c2ccc3c(c2)OCO3)nc2ccccc12. The van der Waals surface area contributed by atoms with Gasteiger partial charge in [0, 0.05) is 5.39 Å².